The smallest absolute Gasteiger partial charge is 0.251 e. The first-order valence-electron chi connectivity index (χ1n) is 9.35. The number of thiazole rings is 1. The molecule has 1 amide bonds. The van der Waals surface area contributed by atoms with Crippen molar-refractivity contribution in [3.63, 3.8) is 0 Å². The van der Waals surface area contributed by atoms with E-state index in [1.54, 1.807) is 0 Å². The van der Waals surface area contributed by atoms with Gasteiger partial charge in [-0.15, -0.1) is 0 Å². The second-order valence-electron chi connectivity index (χ2n) is 6.94. The molecular formula is C23H22N4OS. The standard InChI is InChI=1S/C23H22N4OS/c1-27(2)19-10-6-9-18(14-19)25-23-26-20-12-11-17(13-21(20)29-23)22(28)24-15-16-7-4-3-5-8-16/h3-14H,15H2,1-2H3,(H,24,28)(H,25,26). The molecule has 0 fully saturated rings. The van der Waals surface area contributed by atoms with Gasteiger partial charge in [0.1, 0.15) is 0 Å². The Morgan fingerprint density at radius 2 is 1.83 bits per heavy atom. The zero-order valence-electron chi connectivity index (χ0n) is 16.3. The molecule has 0 atom stereocenters. The molecule has 146 valence electrons. The lowest BCUT2D eigenvalue weighted by Gasteiger charge is -2.13. The van der Waals surface area contributed by atoms with Crippen LogP contribution >= 0.6 is 11.3 Å². The van der Waals surface area contributed by atoms with Crippen LogP contribution in [-0.4, -0.2) is 25.0 Å². The molecule has 4 rings (SSSR count). The van der Waals surface area contributed by atoms with Crippen LogP contribution in [0.2, 0.25) is 0 Å². The van der Waals surface area contributed by atoms with Gasteiger partial charge < -0.3 is 15.5 Å². The van der Waals surface area contributed by atoms with E-state index < -0.39 is 0 Å². The van der Waals surface area contributed by atoms with Crippen molar-refractivity contribution in [3.8, 4) is 0 Å². The van der Waals surface area contributed by atoms with Crippen molar-refractivity contribution in [1.29, 1.82) is 0 Å². The molecule has 0 bridgehead atoms. The molecule has 4 aromatic rings. The third-order valence-electron chi connectivity index (χ3n) is 4.56. The Bertz CT molecular complexity index is 1140. The van der Waals surface area contributed by atoms with Gasteiger partial charge in [-0.3, -0.25) is 4.79 Å². The number of anilines is 3. The first kappa shape index (κ1) is 19.0. The van der Waals surface area contributed by atoms with Crippen LogP contribution < -0.4 is 15.5 Å². The zero-order chi connectivity index (χ0) is 20.2. The second-order valence-corrected chi connectivity index (χ2v) is 7.97. The molecule has 0 spiro atoms. The van der Waals surface area contributed by atoms with Gasteiger partial charge in [0.05, 0.1) is 10.2 Å². The number of carbonyl (C=O) groups excluding carboxylic acids is 1. The maximum Gasteiger partial charge on any atom is 0.251 e. The number of aromatic nitrogens is 1. The number of carbonyl (C=O) groups is 1. The van der Waals surface area contributed by atoms with E-state index in [9.17, 15) is 4.79 Å². The number of fused-ring (bicyclic) bond motifs is 1. The van der Waals surface area contributed by atoms with Crippen molar-refractivity contribution >= 4 is 44.0 Å². The predicted octanol–water partition coefficient (Wildman–Crippen LogP) is 5.04. The van der Waals surface area contributed by atoms with E-state index in [0.29, 0.717) is 12.1 Å². The van der Waals surface area contributed by atoms with E-state index in [0.717, 1.165) is 32.3 Å². The largest absolute Gasteiger partial charge is 0.378 e. The molecule has 0 saturated heterocycles. The summed E-state index contributed by atoms with van der Waals surface area (Å²) in [4.78, 5) is 19.2. The Labute approximate surface area is 174 Å². The third-order valence-corrected chi connectivity index (χ3v) is 5.49. The predicted molar refractivity (Wildman–Crippen MR) is 121 cm³/mol. The molecule has 1 aromatic heterocycles. The van der Waals surface area contributed by atoms with Crippen molar-refractivity contribution in [2.24, 2.45) is 0 Å². The highest BCUT2D eigenvalue weighted by molar-refractivity contribution is 7.22. The maximum atomic E-state index is 12.5. The first-order valence-corrected chi connectivity index (χ1v) is 10.2. The molecule has 0 aliphatic heterocycles. The lowest BCUT2D eigenvalue weighted by Crippen LogP contribution is -2.22. The highest BCUT2D eigenvalue weighted by atomic mass is 32.1. The summed E-state index contributed by atoms with van der Waals surface area (Å²) in [6.45, 7) is 0.509. The summed E-state index contributed by atoms with van der Waals surface area (Å²) in [5.74, 6) is -0.0858. The molecule has 3 aromatic carbocycles. The summed E-state index contributed by atoms with van der Waals surface area (Å²) in [6.07, 6.45) is 0. The lowest BCUT2D eigenvalue weighted by atomic mass is 10.2. The van der Waals surface area contributed by atoms with Gasteiger partial charge in [-0.1, -0.05) is 47.7 Å². The van der Waals surface area contributed by atoms with Gasteiger partial charge in [-0.05, 0) is 42.0 Å². The van der Waals surface area contributed by atoms with Gasteiger partial charge in [0.2, 0.25) is 0 Å². The fourth-order valence-electron chi connectivity index (χ4n) is 2.98. The van der Waals surface area contributed by atoms with Crippen LogP contribution in [0, 0.1) is 0 Å². The van der Waals surface area contributed by atoms with E-state index in [1.165, 1.54) is 11.3 Å². The number of hydrogen-bond acceptors (Lipinski definition) is 5. The van der Waals surface area contributed by atoms with Crippen molar-refractivity contribution in [3.05, 3.63) is 83.9 Å². The average Bonchev–Trinajstić information content (AvgIpc) is 3.14. The van der Waals surface area contributed by atoms with Gasteiger partial charge in [-0.2, -0.15) is 0 Å². The topological polar surface area (TPSA) is 57.3 Å². The third kappa shape index (κ3) is 4.55. The average molecular weight is 403 g/mol. The second kappa shape index (κ2) is 8.32. The van der Waals surface area contributed by atoms with Crippen molar-refractivity contribution in [2.45, 2.75) is 6.54 Å². The van der Waals surface area contributed by atoms with Crippen LogP contribution in [0.15, 0.2) is 72.8 Å². The summed E-state index contributed by atoms with van der Waals surface area (Å²) >= 11 is 1.54. The number of benzene rings is 3. The van der Waals surface area contributed by atoms with Crippen LogP contribution in [0.1, 0.15) is 15.9 Å². The number of nitrogens with one attached hydrogen (secondary N) is 2. The molecule has 1 heterocycles. The highest BCUT2D eigenvalue weighted by Gasteiger charge is 2.10. The minimum absolute atomic E-state index is 0.0858. The van der Waals surface area contributed by atoms with Crippen molar-refractivity contribution in [1.82, 2.24) is 10.3 Å². The molecule has 5 nitrogen and oxygen atoms in total. The van der Waals surface area contributed by atoms with Crippen molar-refractivity contribution < 1.29 is 4.79 Å². The molecular weight excluding hydrogens is 380 g/mol. The van der Waals surface area contributed by atoms with Crippen molar-refractivity contribution in [2.75, 3.05) is 24.3 Å². The fourth-order valence-corrected chi connectivity index (χ4v) is 3.91. The van der Waals surface area contributed by atoms with Crippen LogP contribution in [0.3, 0.4) is 0 Å². The van der Waals surface area contributed by atoms with E-state index in [2.05, 4.69) is 32.7 Å². The first-order chi connectivity index (χ1) is 14.1. The number of amides is 1. The lowest BCUT2D eigenvalue weighted by molar-refractivity contribution is 0.0951. The van der Waals surface area contributed by atoms with Crippen LogP contribution in [0.5, 0.6) is 0 Å². The van der Waals surface area contributed by atoms with E-state index in [1.807, 2.05) is 74.8 Å². The van der Waals surface area contributed by atoms with Gasteiger partial charge in [-0.25, -0.2) is 4.98 Å². The van der Waals surface area contributed by atoms with Gasteiger partial charge >= 0.3 is 0 Å². The van der Waals surface area contributed by atoms with Crippen LogP contribution in [0.4, 0.5) is 16.5 Å². The van der Waals surface area contributed by atoms with Gasteiger partial charge in [0, 0.05) is 37.6 Å². The van der Waals surface area contributed by atoms with Gasteiger partial charge in [0.15, 0.2) is 5.13 Å². The SMILES string of the molecule is CN(C)c1cccc(Nc2nc3ccc(C(=O)NCc4ccccc4)cc3s2)c1. The minimum atomic E-state index is -0.0858. The van der Waals surface area contributed by atoms with E-state index in [4.69, 9.17) is 0 Å². The Morgan fingerprint density at radius 1 is 1.00 bits per heavy atom. The van der Waals surface area contributed by atoms with Crippen LogP contribution in [0.25, 0.3) is 10.2 Å². The number of rotatable bonds is 6. The monoisotopic (exact) mass is 402 g/mol. The number of nitrogens with zero attached hydrogens (tertiary/aromatic N) is 2. The summed E-state index contributed by atoms with van der Waals surface area (Å²) in [5.41, 5.74) is 4.69. The Kier molecular flexibility index (Phi) is 5.44. The molecule has 0 aliphatic carbocycles. The quantitative estimate of drug-likeness (QED) is 0.475. The summed E-state index contributed by atoms with van der Waals surface area (Å²) in [5, 5.41) is 7.14. The summed E-state index contributed by atoms with van der Waals surface area (Å²) in [6, 6.07) is 23.7. The number of hydrogen-bond donors (Lipinski definition) is 2. The summed E-state index contributed by atoms with van der Waals surface area (Å²) in [7, 11) is 4.03. The van der Waals surface area contributed by atoms with E-state index >= 15 is 0 Å². The summed E-state index contributed by atoms with van der Waals surface area (Å²) < 4.78 is 0.976. The zero-order valence-corrected chi connectivity index (χ0v) is 17.2. The van der Waals surface area contributed by atoms with Gasteiger partial charge in [0.25, 0.3) is 5.91 Å². The molecule has 2 N–H and O–H groups in total. The van der Waals surface area contributed by atoms with Crippen LogP contribution in [-0.2, 0) is 6.54 Å². The van der Waals surface area contributed by atoms with E-state index in [-0.39, 0.29) is 5.91 Å². The molecule has 6 heteroatoms. The molecule has 29 heavy (non-hydrogen) atoms. The normalized spacial score (nSPS) is 10.7. The Balaban J connectivity index is 1.48. The maximum absolute atomic E-state index is 12.5. The Morgan fingerprint density at radius 3 is 2.62 bits per heavy atom. The molecule has 0 saturated carbocycles. The molecule has 0 unspecified atom stereocenters. The fraction of sp³-hybridized carbons (Fsp3) is 0.130. The molecule has 0 radical (unpaired) electrons. The molecule has 0 aliphatic rings. The Hall–Kier alpha value is -3.38. The highest BCUT2D eigenvalue weighted by Crippen LogP contribution is 2.30. The minimum Gasteiger partial charge on any atom is -0.378 e.